The first kappa shape index (κ1) is 20.2. The van der Waals surface area contributed by atoms with Crippen LogP contribution in [0, 0.1) is 12.7 Å². The van der Waals surface area contributed by atoms with Gasteiger partial charge in [-0.05, 0) is 37.4 Å². The molecule has 0 radical (unpaired) electrons. The van der Waals surface area contributed by atoms with Gasteiger partial charge < -0.3 is 4.74 Å². The molecule has 3 aromatic heterocycles. The van der Waals surface area contributed by atoms with E-state index in [1.807, 2.05) is 29.3 Å². The summed E-state index contributed by atoms with van der Waals surface area (Å²) >= 11 is 2.67. The third-order valence-electron chi connectivity index (χ3n) is 4.51. The molecule has 6 nitrogen and oxygen atoms in total. The van der Waals surface area contributed by atoms with Gasteiger partial charge in [-0.25, -0.2) is 9.37 Å². The Bertz CT molecular complexity index is 1180. The number of thiophene rings is 1. The number of carbonyl (C=O) groups is 1. The van der Waals surface area contributed by atoms with E-state index in [9.17, 15) is 9.18 Å². The van der Waals surface area contributed by atoms with E-state index in [1.165, 1.54) is 28.7 Å². The average molecular weight is 443 g/mol. The van der Waals surface area contributed by atoms with Gasteiger partial charge in [-0.3, -0.25) is 14.8 Å². The molecule has 3 heterocycles. The first-order valence-electron chi connectivity index (χ1n) is 9.29. The number of carbonyl (C=O) groups excluding carboxylic acids is 1. The molecule has 0 saturated carbocycles. The van der Waals surface area contributed by atoms with Crippen LogP contribution in [-0.4, -0.2) is 20.7 Å². The Hall–Kier alpha value is -3.04. The maximum absolute atomic E-state index is 13.6. The number of halogens is 1. The van der Waals surface area contributed by atoms with Crippen molar-refractivity contribution in [3.05, 3.63) is 69.2 Å². The second kappa shape index (κ2) is 8.76. The summed E-state index contributed by atoms with van der Waals surface area (Å²) in [6.07, 6.45) is 1.79. The lowest BCUT2D eigenvalue weighted by atomic mass is 10.2. The number of ether oxygens (including phenoxy) is 1. The number of hydrogen-bond donors (Lipinski definition) is 1. The molecule has 30 heavy (non-hydrogen) atoms. The summed E-state index contributed by atoms with van der Waals surface area (Å²) < 4.78 is 21.0. The van der Waals surface area contributed by atoms with Crippen LogP contribution in [0.5, 0.6) is 5.75 Å². The predicted octanol–water partition coefficient (Wildman–Crippen LogP) is 5.37. The molecule has 4 aromatic rings. The maximum Gasteiger partial charge on any atom is 0.267 e. The number of rotatable bonds is 7. The van der Waals surface area contributed by atoms with Crippen LogP contribution in [0.3, 0.4) is 0 Å². The standard InChI is InChI=1S/C21H19FN4O2S2/c1-3-26-13(2)15(9-23-26)17-12-30-21(24-17)25-20(27)19-8-14(11-29-19)10-28-18-7-5-4-6-16(18)22/h4-9,11-12H,3,10H2,1-2H3,(H,24,25,27). The molecule has 9 heteroatoms. The van der Waals surface area contributed by atoms with Gasteiger partial charge in [-0.1, -0.05) is 12.1 Å². The highest BCUT2D eigenvalue weighted by Crippen LogP contribution is 2.28. The van der Waals surface area contributed by atoms with Gasteiger partial charge in [0.1, 0.15) is 6.61 Å². The lowest BCUT2D eigenvalue weighted by Crippen LogP contribution is -2.10. The molecular weight excluding hydrogens is 423 g/mol. The monoisotopic (exact) mass is 442 g/mol. The highest BCUT2D eigenvalue weighted by Gasteiger charge is 2.15. The van der Waals surface area contributed by atoms with Gasteiger partial charge in [0.25, 0.3) is 5.91 Å². The van der Waals surface area contributed by atoms with Crippen LogP contribution in [0.4, 0.5) is 9.52 Å². The van der Waals surface area contributed by atoms with E-state index in [1.54, 1.807) is 30.5 Å². The Morgan fingerprint density at radius 3 is 2.87 bits per heavy atom. The van der Waals surface area contributed by atoms with E-state index in [-0.39, 0.29) is 18.3 Å². The summed E-state index contributed by atoms with van der Waals surface area (Å²) in [5, 5.41) is 11.4. The molecule has 1 N–H and O–H groups in total. The summed E-state index contributed by atoms with van der Waals surface area (Å²) in [5.41, 5.74) is 3.59. The number of thiazole rings is 1. The summed E-state index contributed by atoms with van der Waals surface area (Å²) in [5.74, 6) is -0.462. The van der Waals surface area contributed by atoms with Gasteiger partial charge in [-0.2, -0.15) is 5.10 Å². The van der Waals surface area contributed by atoms with Crippen LogP contribution < -0.4 is 10.1 Å². The van der Waals surface area contributed by atoms with Crippen molar-refractivity contribution in [1.29, 1.82) is 0 Å². The van der Waals surface area contributed by atoms with Crippen molar-refractivity contribution in [3.63, 3.8) is 0 Å². The molecule has 4 rings (SSSR count). The van der Waals surface area contributed by atoms with Crippen molar-refractivity contribution in [3.8, 4) is 17.0 Å². The van der Waals surface area contributed by atoms with Crippen molar-refractivity contribution in [2.24, 2.45) is 0 Å². The molecule has 0 fully saturated rings. The number of hydrogen-bond acceptors (Lipinski definition) is 6. The molecule has 0 bridgehead atoms. The third kappa shape index (κ3) is 4.27. The smallest absolute Gasteiger partial charge is 0.267 e. The fraction of sp³-hybridized carbons (Fsp3) is 0.190. The molecule has 0 aliphatic carbocycles. The molecule has 1 aromatic carbocycles. The Morgan fingerprint density at radius 1 is 1.27 bits per heavy atom. The van der Waals surface area contributed by atoms with E-state index in [0.29, 0.717) is 10.0 Å². The number of nitrogens with zero attached hydrogens (tertiary/aromatic N) is 3. The first-order chi connectivity index (χ1) is 14.5. The predicted molar refractivity (Wildman–Crippen MR) is 117 cm³/mol. The fourth-order valence-electron chi connectivity index (χ4n) is 2.92. The second-order valence-electron chi connectivity index (χ2n) is 6.49. The van der Waals surface area contributed by atoms with Gasteiger partial charge in [0.05, 0.1) is 16.8 Å². The van der Waals surface area contributed by atoms with E-state index >= 15 is 0 Å². The zero-order chi connectivity index (χ0) is 21.1. The molecule has 0 aliphatic rings. The molecule has 0 atom stereocenters. The van der Waals surface area contributed by atoms with Gasteiger partial charge in [0, 0.05) is 28.7 Å². The maximum atomic E-state index is 13.6. The number of benzene rings is 1. The van der Waals surface area contributed by atoms with Crippen LogP contribution in [0.15, 0.2) is 47.3 Å². The number of aryl methyl sites for hydroxylation is 1. The number of aromatic nitrogens is 3. The molecule has 0 aliphatic heterocycles. The quantitative estimate of drug-likeness (QED) is 0.418. The fourth-order valence-corrected chi connectivity index (χ4v) is 4.42. The largest absolute Gasteiger partial charge is 0.486 e. The highest BCUT2D eigenvalue weighted by atomic mass is 32.1. The average Bonchev–Trinajstić information content (AvgIpc) is 3.47. The zero-order valence-electron chi connectivity index (χ0n) is 16.4. The lowest BCUT2D eigenvalue weighted by Gasteiger charge is -2.05. The molecule has 0 spiro atoms. The topological polar surface area (TPSA) is 69.0 Å². The number of anilines is 1. The minimum atomic E-state index is -0.412. The summed E-state index contributed by atoms with van der Waals surface area (Å²) in [6, 6.07) is 7.98. The van der Waals surface area contributed by atoms with E-state index in [4.69, 9.17) is 4.74 Å². The molecule has 154 valence electrons. The Balaban J connectivity index is 1.39. The van der Waals surface area contributed by atoms with Crippen LogP contribution in [0.1, 0.15) is 27.9 Å². The normalized spacial score (nSPS) is 10.9. The van der Waals surface area contributed by atoms with Crippen LogP contribution in [0.25, 0.3) is 11.3 Å². The Morgan fingerprint density at radius 2 is 2.10 bits per heavy atom. The highest BCUT2D eigenvalue weighted by molar-refractivity contribution is 7.14. The van der Waals surface area contributed by atoms with Gasteiger partial charge >= 0.3 is 0 Å². The summed E-state index contributed by atoms with van der Waals surface area (Å²) in [6.45, 7) is 5.01. The van der Waals surface area contributed by atoms with Gasteiger partial charge in [0.2, 0.25) is 0 Å². The second-order valence-corrected chi connectivity index (χ2v) is 8.26. The van der Waals surface area contributed by atoms with Crippen LogP contribution in [0.2, 0.25) is 0 Å². The first-order valence-corrected chi connectivity index (χ1v) is 11.1. The van der Waals surface area contributed by atoms with Crippen LogP contribution >= 0.6 is 22.7 Å². The number of nitrogens with one attached hydrogen (secondary N) is 1. The lowest BCUT2D eigenvalue weighted by molar-refractivity contribution is 0.103. The molecule has 1 amide bonds. The molecule has 0 unspecified atom stereocenters. The molecular formula is C21H19FN4O2S2. The van der Waals surface area contributed by atoms with Crippen LogP contribution in [-0.2, 0) is 13.2 Å². The van der Waals surface area contributed by atoms with Gasteiger partial charge in [-0.15, -0.1) is 22.7 Å². The zero-order valence-corrected chi connectivity index (χ0v) is 18.0. The van der Waals surface area contributed by atoms with E-state index < -0.39 is 5.82 Å². The minimum absolute atomic E-state index is 0.187. The third-order valence-corrected chi connectivity index (χ3v) is 6.25. The van der Waals surface area contributed by atoms with E-state index in [2.05, 4.69) is 15.4 Å². The van der Waals surface area contributed by atoms with Crippen molar-refractivity contribution in [2.45, 2.75) is 27.0 Å². The van der Waals surface area contributed by atoms with Gasteiger partial charge in [0.15, 0.2) is 16.7 Å². The summed E-state index contributed by atoms with van der Waals surface area (Å²) in [7, 11) is 0. The van der Waals surface area contributed by atoms with E-state index in [0.717, 1.165) is 29.1 Å². The SMILES string of the molecule is CCn1ncc(-c2csc(NC(=O)c3cc(COc4ccccc4F)cs3)n2)c1C. The Labute approximate surface area is 181 Å². The number of para-hydroxylation sites is 1. The van der Waals surface area contributed by atoms with Crippen molar-refractivity contribution in [1.82, 2.24) is 14.8 Å². The molecule has 0 saturated heterocycles. The van der Waals surface area contributed by atoms with Crippen molar-refractivity contribution < 1.29 is 13.9 Å². The summed E-state index contributed by atoms with van der Waals surface area (Å²) in [4.78, 5) is 17.6. The Kier molecular flexibility index (Phi) is 5.91. The van der Waals surface area contributed by atoms with Crippen molar-refractivity contribution in [2.75, 3.05) is 5.32 Å². The van der Waals surface area contributed by atoms with Crippen molar-refractivity contribution >= 4 is 33.7 Å². The number of amides is 1. The minimum Gasteiger partial charge on any atom is -0.486 e.